The number of fused-ring (bicyclic) bond motifs is 1. The highest BCUT2D eigenvalue weighted by molar-refractivity contribution is 5.86. The van der Waals surface area contributed by atoms with Crippen molar-refractivity contribution in [3.8, 4) is 11.1 Å². The Morgan fingerprint density at radius 2 is 2.19 bits per heavy atom. The van der Waals surface area contributed by atoms with Gasteiger partial charge in [0.1, 0.15) is 12.9 Å². The van der Waals surface area contributed by atoms with Crippen LogP contribution in [0.5, 0.6) is 0 Å². The molecule has 1 aliphatic heterocycles. The molecule has 1 aliphatic rings. The lowest BCUT2D eigenvalue weighted by atomic mass is 9.90. The zero-order chi connectivity index (χ0) is 19.0. The molecule has 4 rings (SSSR count). The van der Waals surface area contributed by atoms with Gasteiger partial charge in [0.25, 0.3) is 0 Å². The standard InChI is InChI=1S/C18H24N8O/c1-11(24-27-3)15-5-4-12(7-20-15)16-6-17(19)26-18(23-16)14(9-22-26)13-8-21-25(2)10-13/h6,8-10,12,15,20H,4-5,7,19H2,1-3H3/b24-11+. The zero-order valence-electron chi connectivity index (χ0n) is 15.8. The number of hydrogen-bond donors (Lipinski definition) is 2. The Morgan fingerprint density at radius 3 is 2.85 bits per heavy atom. The van der Waals surface area contributed by atoms with E-state index in [0.29, 0.717) is 11.7 Å². The highest BCUT2D eigenvalue weighted by Gasteiger charge is 2.26. The van der Waals surface area contributed by atoms with Gasteiger partial charge in [-0.1, -0.05) is 5.16 Å². The van der Waals surface area contributed by atoms with E-state index in [9.17, 15) is 0 Å². The van der Waals surface area contributed by atoms with E-state index in [1.807, 2.05) is 32.4 Å². The lowest BCUT2D eigenvalue weighted by molar-refractivity contribution is 0.210. The molecule has 0 saturated carbocycles. The van der Waals surface area contributed by atoms with E-state index in [2.05, 4.69) is 20.7 Å². The number of aromatic nitrogens is 5. The minimum absolute atomic E-state index is 0.239. The Hall–Kier alpha value is -2.94. The average molecular weight is 368 g/mol. The summed E-state index contributed by atoms with van der Waals surface area (Å²) in [5, 5.41) is 16.2. The monoisotopic (exact) mass is 368 g/mol. The number of nitrogens with zero attached hydrogens (tertiary/aromatic N) is 6. The van der Waals surface area contributed by atoms with Crippen molar-refractivity contribution < 1.29 is 4.84 Å². The molecule has 9 nitrogen and oxygen atoms in total. The third kappa shape index (κ3) is 3.25. The van der Waals surface area contributed by atoms with Gasteiger partial charge in [-0.25, -0.2) is 4.98 Å². The molecule has 4 heterocycles. The van der Waals surface area contributed by atoms with Gasteiger partial charge in [-0.15, -0.1) is 0 Å². The number of oxime groups is 1. The summed E-state index contributed by atoms with van der Waals surface area (Å²) in [6.45, 7) is 2.80. The summed E-state index contributed by atoms with van der Waals surface area (Å²) in [5.41, 5.74) is 10.9. The second-order valence-corrected chi connectivity index (χ2v) is 6.95. The van der Waals surface area contributed by atoms with E-state index >= 15 is 0 Å². The summed E-state index contributed by atoms with van der Waals surface area (Å²) in [6, 6.07) is 2.17. The maximum atomic E-state index is 6.26. The molecule has 142 valence electrons. The summed E-state index contributed by atoms with van der Waals surface area (Å²) in [4.78, 5) is 9.78. The first-order chi connectivity index (χ1) is 13.1. The topological polar surface area (TPSA) is 108 Å². The number of aryl methyl sites for hydroxylation is 1. The van der Waals surface area contributed by atoms with E-state index in [1.165, 1.54) is 0 Å². The molecule has 9 heteroatoms. The van der Waals surface area contributed by atoms with E-state index < -0.39 is 0 Å². The lowest BCUT2D eigenvalue weighted by Crippen LogP contribution is -2.42. The van der Waals surface area contributed by atoms with E-state index in [0.717, 1.165) is 47.6 Å². The Morgan fingerprint density at radius 1 is 1.33 bits per heavy atom. The second kappa shape index (κ2) is 6.99. The molecule has 1 fully saturated rings. The first-order valence-electron chi connectivity index (χ1n) is 9.01. The van der Waals surface area contributed by atoms with Gasteiger partial charge in [0.15, 0.2) is 5.65 Å². The Kier molecular flexibility index (Phi) is 4.53. The number of nitrogens with two attached hydrogens (primary N) is 1. The molecular weight excluding hydrogens is 344 g/mol. The molecule has 0 radical (unpaired) electrons. The quantitative estimate of drug-likeness (QED) is 0.535. The molecule has 2 unspecified atom stereocenters. The van der Waals surface area contributed by atoms with Crippen LogP contribution in [0.4, 0.5) is 5.82 Å². The van der Waals surface area contributed by atoms with Crippen LogP contribution >= 0.6 is 0 Å². The van der Waals surface area contributed by atoms with Gasteiger partial charge in [-0.2, -0.15) is 14.7 Å². The van der Waals surface area contributed by atoms with Crippen LogP contribution in [0, 0.1) is 0 Å². The summed E-state index contributed by atoms with van der Waals surface area (Å²) in [7, 11) is 3.46. The number of nitrogen functional groups attached to an aromatic ring is 1. The van der Waals surface area contributed by atoms with Crippen molar-refractivity contribution in [2.24, 2.45) is 12.2 Å². The molecule has 0 aliphatic carbocycles. The molecule has 3 aromatic heterocycles. The first-order valence-corrected chi connectivity index (χ1v) is 9.01. The lowest BCUT2D eigenvalue weighted by Gasteiger charge is -2.29. The third-order valence-corrected chi connectivity index (χ3v) is 5.11. The minimum atomic E-state index is 0.239. The Balaban J connectivity index is 1.63. The second-order valence-electron chi connectivity index (χ2n) is 6.95. The van der Waals surface area contributed by atoms with Crippen LogP contribution in [0.25, 0.3) is 16.8 Å². The average Bonchev–Trinajstić information content (AvgIpc) is 3.28. The molecule has 3 N–H and O–H groups in total. The molecular formula is C18H24N8O. The first kappa shape index (κ1) is 17.5. The molecule has 0 amide bonds. The van der Waals surface area contributed by atoms with Crippen molar-refractivity contribution in [3.05, 3.63) is 30.4 Å². The Bertz CT molecular complexity index is 981. The number of anilines is 1. The van der Waals surface area contributed by atoms with E-state index in [1.54, 1.807) is 22.5 Å². The molecule has 3 aromatic rings. The minimum Gasteiger partial charge on any atom is -0.399 e. The highest BCUT2D eigenvalue weighted by Crippen LogP contribution is 2.29. The maximum Gasteiger partial charge on any atom is 0.165 e. The van der Waals surface area contributed by atoms with Gasteiger partial charge in [0, 0.05) is 48.9 Å². The molecule has 0 aromatic carbocycles. The summed E-state index contributed by atoms with van der Waals surface area (Å²) in [5.74, 6) is 0.880. The van der Waals surface area contributed by atoms with E-state index in [4.69, 9.17) is 15.6 Å². The van der Waals surface area contributed by atoms with Gasteiger partial charge in [0.2, 0.25) is 0 Å². The van der Waals surface area contributed by atoms with Crippen LogP contribution in [0.15, 0.2) is 29.8 Å². The molecule has 1 saturated heterocycles. The summed E-state index contributed by atoms with van der Waals surface area (Å²) >= 11 is 0. The van der Waals surface area contributed by atoms with Crippen molar-refractivity contribution in [3.63, 3.8) is 0 Å². The fourth-order valence-electron chi connectivity index (χ4n) is 3.65. The predicted molar refractivity (Wildman–Crippen MR) is 103 cm³/mol. The van der Waals surface area contributed by atoms with Gasteiger partial charge in [-0.3, -0.25) is 4.68 Å². The maximum absolute atomic E-state index is 6.26. The number of nitrogens with one attached hydrogen (secondary N) is 1. The number of piperidine rings is 1. The van der Waals surface area contributed by atoms with Crippen molar-refractivity contribution in [2.75, 3.05) is 19.4 Å². The SMILES string of the molecule is CO/N=C(\C)C1CCC(c2cc(N)n3ncc(-c4cnn(C)c4)c3n2)CN1. The summed E-state index contributed by atoms with van der Waals surface area (Å²) < 4.78 is 3.45. The third-order valence-electron chi connectivity index (χ3n) is 5.11. The zero-order valence-corrected chi connectivity index (χ0v) is 15.8. The normalized spacial score (nSPS) is 20.9. The fourth-order valence-corrected chi connectivity index (χ4v) is 3.65. The van der Waals surface area contributed by atoms with Crippen LogP contribution in [0.1, 0.15) is 31.4 Å². The van der Waals surface area contributed by atoms with Gasteiger partial charge in [-0.05, 0) is 19.8 Å². The number of hydrogen-bond acceptors (Lipinski definition) is 7. The largest absolute Gasteiger partial charge is 0.399 e. The van der Waals surface area contributed by atoms with Crippen LogP contribution < -0.4 is 11.1 Å². The van der Waals surface area contributed by atoms with Crippen molar-refractivity contribution in [2.45, 2.75) is 31.7 Å². The van der Waals surface area contributed by atoms with Crippen LogP contribution in [-0.2, 0) is 11.9 Å². The molecule has 27 heavy (non-hydrogen) atoms. The fraction of sp³-hybridized carbons (Fsp3) is 0.444. The predicted octanol–water partition coefficient (Wildman–Crippen LogP) is 1.57. The molecule has 2 atom stereocenters. The summed E-state index contributed by atoms with van der Waals surface area (Å²) in [6.07, 6.45) is 7.54. The van der Waals surface area contributed by atoms with Crippen molar-refractivity contribution in [1.29, 1.82) is 0 Å². The van der Waals surface area contributed by atoms with Crippen LogP contribution in [0.3, 0.4) is 0 Å². The molecule has 0 spiro atoms. The smallest absolute Gasteiger partial charge is 0.165 e. The van der Waals surface area contributed by atoms with Gasteiger partial charge in [0.05, 0.1) is 23.8 Å². The molecule has 0 bridgehead atoms. The van der Waals surface area contributed by atoms with Crippen molar-refractivity contribution >= 4 is 17.2 Å². The van der Waals surface area contributed by atoms with Crippen LogP contribution in [-0.4, -0.2) is 49.8 Å². The van der Waals surface area contributed by atoms with Gasteiger partial charge < -0.3 is 15.9 Å². The van der Waals surface area contributed by atoms with Crippen LogP contribution in [0.2, 0.25) is 0 Å². The van der Waals surface area contributed by atoms with E-state index in [-0.39, 0.29) is 6.04 Å². The highest BCUT2D eigenvalue weighted by atomic mass is 16.6. The Labute approximate surface area is 157 Å². The number of rotatable bonds is 4. The van der Waals surface area contributed by atoms with Gasteiger partial charge >= 0.3 is 0 Å². The van der Waals surface area contributed by atoms with Crippen molar-refractivity contribution in [1.82, 2.24) is 29.7 Å².